The fourth-order valence-electron chi connectivity index (χ4n) is 1.88. The molecular formula is C9H16N4O. The topological polar surface area (TPSA) is 63.0 Å². The van der Waals surface area contributed by atoms with Crippen molar-refractivity contribution >= 4 is 0 Å². The van der Waals surface area contributed by atoms with Gasteiger partial charge in [-0.05, 0) is 19.4 Å². The quantitative estimate of drug-likeness (QED) is 0.667. The summed E-state index contributed by atoms with van der Waals surface area (Å²) in [6, 6.07) is 0. The van der Waals surface area contributed by atoms with Crippen molar-refractivity contribution in [3.05, 3.63) is 12.2 Å². The second-order valence-corrected chi connectivity index (χ2v) is 3.98. The highest BCUT2D eigenvalue weighted by molar-refractivity contribution is 4.96. The van der Waals surface area contributed by atoms with Gasteiger partial charge in [0.15, 0.2) is 0 Å². The van der Waals surface area contributed by atoms with Gasteiger partial charge in [-0.15, -0.1) is 0 Å². The lowest BCUT2D eigenvalue weighted by molar-refractivity contribution is 0.0144. The number of aliphatic hydroxyl groups is 1. The van der Waals surface area contributed by atoms with Gasteiger partial charge >= 0.3 is 0 Å². The molecule has 1 fully saturated rings. The Hall–Kier alpha value is -0.940. The van der Waals surface area contributed by atoms with Gasteiger partial charge < -0.3 is 10.4 Å². The highest BCUT2D eigenvalue weighted by Gasteiger charge is 2.30. The summed E-state index contributed by atoms with van der Waals surface area (Å²) >= 11 is 0. The lowest BCUT2D eigenvalue weighted by atomic mass is 9.90. The van der Waals surface area contributed by atoms with E-state index in [-0.39, 0.29) is 0 Å². The van der Waals surface area contributed by atoms with Gasteiger partial charge in [0, 0.05) is 20.0 Å². The summed E-state index contributed by atoms with van der Waals surface area (Å²) in [6.07, 6.45) is 3.96. The summed E-state index contributed by atoms with van der Waals surface area (Å²) in [5.74, 6) is 0.844. The van der Waals surface area contributed by atoms with Crippen LogP contribution in [-0.2, 0) is 13.5 Å². The van der Waals surface area contributed by atoms with E-state index in [0.29, 0.717) is 13.0 Å². The first-order chi connectivity index (χ1) is 6.70. The maximum absolute atomic E-state index is 10.2. The van der Waals surface area contributed by atoms with Gasteiger partial charge in [-0.2, -0.15) is 5.10 Å². The molecule has 0 saturated carbocycles. The van der Waals surface area contributed by atoms with Crippen LogP contribution in [0.1, 0.15) is 18.7 Å². The molecule has 0 amide bonds. The molecule has 1 atom stereocenters. The van der Waals surface area contributed by atoms with Crippen LogP contribution in [0.25, 0.3) is 0 Å². The Bertz CT molecular complexity index is 304. The van der Waals surface area contributed by atoms with E-state index in [1.54, 1.807) is 4.68 Å². The molecule has 0 aliphatic carbocycles. The molecule has 2 heterocycles. The zero-order valence-corrected chi connectivity index (χ0v) is 8.40. The molecule has 1 aromatic heterocycles. The van der Waals surface area contributed by atoms with Crippen LogP contribution in [0.4, 0.5) is 0 Å². The van der Waals surface area contributed by atoms with Crippen molar-refractivity contribution in [2.24, 2.45) is 7.05 Å². The lowest BCUT2D eigenvalue weighted by Gasteiger charge is -2.32. The van der Waals surface area contributed by atoms with Crippen molar-refractivity contribution in [3.8, 4) is 0 Å². The summed E-state index contributed by atoms with van der Waals surface area (Å²) in [6.45, 7) is 1.65. The van der Waals surface area contributed by atoms with Crippen molar-refractivity contribution in [2.45, 2.75) is 24.9 Å². The van der Waals surface area contributed by atoms with E-state index in [9.17, 15) is 5.11 Å². The number of piperidine rings is 1. The average Bonchev–Trinajstić information content (AvgIpc) is 2.52. The SMILES string of the molecule is Cn1ncnc1CC1(O)CCCNC1. The second-order valence-electron chi connectivity index (χ2n) is 3.98. The van der Waals surface area contributed by atoms with Gasteiger partial charge in [-0.25, -0.2) is 4.98 Å². The molecule has 5 heteroatoms. The van der Waals surface area contributed by atoms with Crippen molar-refractivity contribution in [1.29, 1.82) is 0 Å². The fourth-order valence-corrected chi connectivity index (χ4v) is 1.88. The average molecular weight is 196 g/mol. The molecule has 0 spiro atoms. The van der Waals surface area contributed by atoms with E-state index in [1.807, 2.05) is 7.05 Å². The lowest BCUT2D eigenvalue weighted by Crippen LogP contribution is -2.47. The predicted octanol–water partition coefficient (Wildman–Crippen LogP) is -0.528. The number of rotatable bonds is 2. The number of nitrogens with zero attached hydrogens (tertiary/aromatic N) is 3. The molecular weight excluding hydrogens is 180 g/mol. The maximum Gasteiger partial charge on any atom is 0.138 e. The highest BCUT2D eigenvalue weighted by Crippen LogP contribution is 2.19. The Balaban J connectivity index is 2.05. The monoisotopic (exact) mass is 196 g/mol. The summed E-state index contributed by atoms with van der Waals surface area (Å²) in [4.78, 5) is 4.12. The summed E-state index contributed by atoms with van der Waals surface area (Å²) in [5.41, 5.74) is -0.640. The van der Waals surface area contributed by atoms with Crippen molar-refractivity contribution in [1.82, 2.24) is 20.1 Å². The third kappa shape index (κ3) is 1.93. The molecule has 0 aromatic carbocycles. The Morgan fingerprint density at radius 2 is 2.57 bits per heavy atom. The van der Waals surface area contributed by atoms with E-state index in [0.717, 1.165) is 25.2 Å². The second kappa shape index (κ2) is 3.67. The van der Waals surface area contributed by atoms with Gasteiger partial charge in [0.1, 0.15) is 12.2 Å². The molecule has 2 N–H and O–H groups in total. The molecule has 0 bridgehead atoms. The Kier molecular flexibility index (Phi) is 2.52. The van der Waals surface area contributed by atoms with Gasteiger partial charge in [-0.1, -0.05) is 0 Å². The van der Waals surface area contributed by atoms with E-state index >= 15 is 0 Å². The molecule has 5 nitrogen and oxygen atoms in total. The number of aromatic nitrogens is 3. The Labute approximate surface area is 83.2 Å². The predicted molar refractivity (Wildman–Crippen MR) is 51.8 cm³/mol. The van der Waals surface area contributed by atoms with E-state index < -0.39 is 5.60 Å². The first-order valence-corrected chi connectivity index (χ1v) is 4.96. The Morgan fingerprint density at radius 3 is 3.14 bits per heavy atom. The van der Waals surface area contributed by atoms with Crippen molar-refractivity contribution < 1.29 is 5.11 Å². The van der Waals surface area contributed by atoms with Crippen LogP contribution in [0.5, 0.6) is 0 Å². The molecule has 1 aliphatic rings. The van der Waals surface area contributed by atoms with Gasteiger partial charge in [0.25, 0.3) is 0 Å². The third-order valence-corrected chi connectivity index (χ3v) is 2.74. The smallest absolute Gasteiger partial charge is 0.138 e. The number of hydrogen-bond donors (Lipinski definition) is 2. The van der Waals surface area contributed by atoms with E-state index in [4.69, 9.17) is 0 Å². The number of β-amino-alcohol motifs (C(OH)–C–C–N with tert-alkyl or cyclic N) is 1. The molecule has 0 radical (unpaired) electrons. The molecule has 1 aromatic rings. The molecule has 1 saturated heterocycles. The third-order valence-electron chi connectivity index (χ3n) is 2.74. The van der Waals surface area contributed by atoms with Crippen LogP contribution < -0.4 is 5.32 Å². The minimum Gasteiger partial charge on any atom is -0.388 e. The first-order valence-electron chi connectivity index (χ1n) is 4.96. The van der Waals surface area contributed by atoms with E-state index in [2.05, 4.69) is 15.4 Å². The molecule has 1 unspecified atom stereocenters. The van der Waals surface area contributed by atoms with Crippen LogP contribution >= 0.6 is 0 Å². The van der Waals surface area contributed by atoms with E-state index in [1.165, 1.54) is 6.33 Å². The van der Waals surface area contributed by atoms with Crippen LogP contribution in [-0.4, -0.2) is 38.6 Å². The van der Waals surface area contributed by atoms with Crippen LogP contribution in [0, 0.1) is 0 Å². The summed E-state index contributed by atoms with van der Waals surface area (Å²) in [7, 11) is 1.85. The largest absolute Gasteiger partial charge is 0.388 e. The highest BCUT2D eigenvalue weighted by atomic mass is 16.3. The number of hydrogen-bond acceptors (Lipinski definition) is 4. The van der Waals surface area contributed by atoms with Gasteiger partial charge in [-0.3, -0.25) is 4.68 Å². The first kappa shape index (κ1) is 9.61. The number of aryl methyl sites for hydroxylation is 1. The zero-order chi connectivity index (χ0) is 10.0. The van der Waals surface area contributed by atoms with Crippen molar-refractivity contribution in [3.63, 3.8) is 0 Å². The Morgan fingerprint density at radius 1 is 1.71 bits per heavy atom. The van der Waals surface area contributed by atoms with Crippen LogP contribution in [0.3, 0.4) is 0 Å². The summed E-state index contributed by atoms with van der Waals surface area (Å²) < 4.78 is 1.71. The summed E-state index contributed by atoms with van der Waals surface area (Å²) in [5, 5.41) is 17.4. The van der Waals surface area contributed by atoms with Crippen LogP contribution in [0.15, 0.2) is 6.33 Å². The zero-order valence-electron chi connectivity index (χ0n) is 8.40. The van der Waals surface area contributed by atoms with Crippen LogP contribution in [0.2, 0.25) is 0 Å². The van der Waals surface area contributed by atoms with Gasteiger partial charge in [0.2, 0.25) is 0 Å². The molecule has 1 aliphatic heterocycles. The molecule has 2 rings (SSSR count). The van der Waals surface area contributed by atoms with Crippen molar-refractivity contribution in [2.75, 3.05) is 13.1 Å². The fraction of sp³-hybridized carbons (Fsp3) is 0.778. The minimum atomic E-state index is -0.640. The van der Waals surface area contributed by atoms with Gasteiger partial charge in [0.05, 0.1) is 5.60 Å². The maximum atomic E-state index is 10.2. The number of nitrogens with one attached hydrogen (secondary N) is 1. The normalized spacial score (nSPS) is 27.9. The molecule has 14 heavy (non-hydrogen) atoms. The molecule has 78 valence electrons. The standard InChI is InChI=1S/C9H16N4O/c1-13-8(11-7-12-13)5-9(14)3-2-4-10-6-9/h7,10,14H,2-6H2,1H3. The minimum absolute atomic E-state index is 0.580.